The number of benzene rings is 2. The first-order valence-electron chi connectivity index (χ1n) is 8.49. The molecule has 3 nitrogen and oxygen atoms in total. The van der Waals surface area contributed by atoms with Gasteiger partial charge in [-0.15, -0.1) is 0 Å². The number of hydrogen-bond donors (Lipinski definition) is 1. The van der Waals surface area contributed by atoms with Crippen molar-refractivity contribution in [2.75, 3.05) is 20.1 Å². The molecule has 2 aromatic carbocycles. The Morgan fingerprint density at radius 2 is 1.91 bits per heavy atom. The minimum Gasteiger partial charge on any atom is -0.489 e. The minimum atomic E-state index is 0.621. The SMILES string of the molecule is CNC1CCCN(Cc2cccc(OCc3ccccc3)c2)C1. The van der Waals surface area contributed by atoms with Gasteiger partial charge in [0, 0.05) is 19.1 Å². The van der Waals surface area contributed by atoms with E-state index >= 15 is 0 Å². The van der Waals surface area contributed by atoms with Crippen molar-refractivity contribution in [3.8, 4) is 5.75 Å². The monoisotopic (exact) mass is 310 g/mol. The molecule has 1 heterocycles. The standard InChI is InChI=1S/C20H26N2O/c1-21-19-10-6-12-22(15-19)14-18-9-5-11-20(13-18)23-16-17-7-3-2-4-8-17/h2-5,7-9,11,13,19,21H,6,10,12,14-16H2,1H3. The van der Waals surface area contributed by atoms with Crippen LogP contribution >= 0.6 is 0 Å². The molecule has 1 saturated heterocycles. The molecule has 3 rings (SSSR count). The summed E-state index contributed by atoms with van der Waals surface area (Å²) in [5.74, 6) is 0.952. The van der Waals surface area contributed by atoms with E-state index in [1.807, 2.05) is 24.3 Å². The molecule has 0 saturated carbocycles. The topological polar surface area (TPSA) is 24.5 Å². The molecule has 0 radical (unpaired) electrons. The first-order valence-corrected chi connectivity index (χ1v) is 8.49. The molecule has 1 aliphatic heterocycles. The average Bonchev–Trinajstić information content (AvgIpc) is 2.61. The van der Waals surface area contributed by atoms with Crippen molar-refractivity contribution in [2.24, 2.45) is 0 Å². The van der Waals surface area contributed by atoms with Crippen LogP contribution < -0.4 is 10.1 Å². The summed E-state index contributed by atoms with van der Waals surface area (Å²) in [4.78, 5) is 2.53. The summed E-state index contributed by atoms with van der Waals surface area (Å²) in [6, 6.07) is 19.4. The fourth-order valence-corrected chi connectivity index (χ4v) is 3.17. The predicted molar refractivity (Wildman–Crippen MR) is 94.6 cm³/mol. The first kappa shape index (κ1) is 16.0. The highest BCUT2D eigenvalue weighted by Gasteiger charge is 2.18. The number of likely N-dealkylation sites (tertiary alicyclic amines) is 1. The summed E-state index contributed by atoms with van der Waals surface area (Å²) in [6.45, 7) is 3.94. The van der Waals surface area contributed by atoms with Gasteiger partial charge in [-0.3, -0.25) is 4.90 Å². The molecule has 0 aromatic heterocycles. The smallest absolute Gasteiger partial charge is 0.120 e. The van der Waals surface area contributed by atoms with Crippen LogP contribution in [-0.2, 0) is 13.2 Å². The van der Waals surface area contributed by atoms with Crippen LogP contribution in [0.5, 0.6) is 5.75 Å². The number of nitrogens with zero attached hydrogens (tertiary/aromatic N) is 1. The molecule has 0 spiro atoms. The molecule has 1 aliphatic rings. The van der Waals surface area contributed by atoms with Crippen LogP contribution in [0.25, 0.3) is 0 Å². The molecule has 1 fully saturated rings. The molecule has 0 bridgehead atoms. The summed E-state index contributed by atoms with van der Waals surface area (Å²) in [5, 5.41) is 3.40. The molecule has 122 valence electrons. The van der Waals surface area contributed by atoms with Crippen molar-refractivity contribution in [1.29, 1.82) is 0 Å². The molecule has 0 amide bonds. The van der Waals surface area contributed by atoms with Crippen LogP contribution in [0.1, 0.15) is 24.0 Å². The number of ether oxygens (including phenoxy) is 1. The van der Waals surface area contributed by atoms with Crippen LogP contribution in [0.3, 0.4) is 0 Å². The molecular weight excluding hydrogens is 284 g/mol. The van der Waals surface area contributed by atoms with E-state index in [-0.39, 0.29) is 0 Å². The Kier molecular flexibility index (Phi) is 5.67. The van der Waals surface area contributed by atoms with Crippen LogP contribution in [0.4, 0.5) is 0 Å². The third kappa shape index (κ3) is 4.81. The first-order chi connectivity index (χ1) is 11.3. The Balaban J connectivity index is 1.56. The number of piperidine rings is 1. The van der Waals surface area contributed by atoms with E-state index in [9.17, 15) is 0 Å². The average molecular weight is 310 g/mol. The highest BCUT2D eigenvalue weighted by Crippen LogP contribution is 2.18. The van der Waals surface area contributed by atoms with E-state index in [0.29, 0.717) is 12.6 Å². The largest absolute Gasteiger partial charge is 0.489 e. The quantitative estimate of drug-likeness (QED) is 0.884. The van der Waals surface area contributed by atoms with Crippen LogP contribution in [0.2, 0.25) is 0 Å². The van der Waals surface area contributed by atoms with Crippen LogP contribution in [0, 0.1) is 0 Å². The fourth-order valence-electron chi connectivity index (χ4n) is 3.17. The number of rotatable bonds is 6. The Hall–Kier alpha value is -1.84. The Morgan fingerprint density at radius 3 is 2.74 bits per heavy atom. The van der Waals surface area contributed by atoms with Gasteiger partial charge in [-0.2, -0.15) is 0 Å². The lowest BCUT2D eigenvalue weighted by atomic mass is 10.0. The Labute approximate surface area is 139 Å². The second kappa shape index (κ2) is 8.14. The van der Waals surface area contributed by atoms with Crippen molar-refractivity contribution in [3.05, 3.63) is 65.7 Å². The molecule has 2 aromatic rings. The van der Waals surface area contributed by atoms with Gasteiger partial charge in [-0.1, -0.05) is 42.5 Å². The van der Waals surface area contributed by atoms with Crippen molar-refractivity contribution >= 4 is 0 Å². The van der Waals surface area contributed by atoms with Crippen molar-refractivity contribution in [3.63, 3.8) is 0 Å². The van der Waals surface area contributed by atoms with E-state index < -0.39 is 0 Å². The van der Waals surface area contributed by atoms with Crippen molar-refractivity contribution in [2.45, 2.75) is 32.0 Å². The predicted octanol–water partition coefficient (Wildman–Crippen LogP) is 3.45. The highest BCUT2D eigenvalue weighted by atomic mass is 16.5. The summed E-state index contributed by atoms with van der Waals surface area (Å²) in [5.41, 5.74) is 2.53. The van der Waals surface area contributed by atoms with Gasteiger partial charge < -0.3 is 10.1 Å². The van der Waals surface area contributed by atoms with E-state index in [4.69, 9.17) is 4.74 Å². The number of nitrogens with one attached hydrogen (secondary N) is 1. The van der Waals surface area contributed by atoms with E-state index in [0.717, 1.165) is 18.8 Å². The zero-order valence-electron chi connectivity index (χ0n) is 13.9. The summed E-state index contributed by atoms with van der Waals surface area (Å²) in [6.07, 6.45) is 2.56. The maximum atomic E-state index is 5.93. The molecule has 1 atom stereocenters. The van der Waals surface area contributed by atoms with Gasteiger partial charge in [0.15, 0.2) is 0 Å². The zero-order chi connectivity index (χ0) is 15.9. The molecule has 1 N–H and O–H groups in total. The molecule has 0 aliphatic carbocycles. The fraction of sp³-hybridized carbons (Fsp3) is 0.400. The van der Waals surface area contributed by atoms with Crippen LogP contribution in [-0.4, -0.2) is 31.1 Å². The van der Waals surface area contributed by atoms with Crippen molar-refractivity contribution in [1.82, 2.24) is 10.2 Å². The normalized spacial score (nSPS) is 18.7. The van der Waals surface area contributed by atoms with Gasteiger partial charge in [-0.25, -0.2) is 0 Å². The van der Waals surface area contributed by atoms with Gasteiger partial charge in [0.1, 0.15) is 12.4 Å². The second-order valence-electron chi connectivity index (χ2n) is 6.28. The molecule has 3 heteroatoms. The highest BCUT2D eigenvalue weighted by molar-refractivity contribution is 5.29. The lowest BCUT2D eigenvalue weighted by Gasteiger charge is -2.32. The minimum absolute atomic E-state index is 0.621. The van der Waals surface area contributed by atoms with Gasteiger partial charge in [0.25, 0.3) is 0 Å². The number of hydrogen-bond acceptors (Lipinski definition) is 3. The van der Waals surface area contributed by atoms with Crippen molar-refractivity contribution < 1.29 is 4.74 Å². The molecular formula is C20H26N2O. The van der Waals surface area contributed by atoms with Gasteiger partial charge in [0.05, 0.1) is 0 Å². The van der Waals surface area contributed by atoms with Gasteiger partial charge in [-0.05, 0) is 49.7 Å². The van der Waals surface area contributed by atoms with Gasteiger partial charge >= 0.3 is 0 Å². The molecule has 23 heavy (non-hydrogen) atoms. The second-order valence-corrected chi connectivity index (χ2v) is 6.28. The lowest BCUT2D eigenvalue weighted by molar-refractivity contribution is 0.187. The summed E-state index contributed by atoms with van der Waals surface area (Å²) >= 11 is 0. The molecule has 1 unspecified atom stereocenters. The van der Waals surface area contributed by atoms with E-state index in [2.05, 4.69) is 47.6 Å². The van der Waals surface area contributed by atoms with Crippen LogP contribution in [0.15, 0.2) is 54.6 Å². The third-order valence-electron chi connectivity index (χ3n) is 4.47. The Morgan fingerprint density at radius 1 is 1.09 bits per heavy atom. The van der Waals surface area contributed by atoms with E-state index in [1.54, 1.807) is 0 Å². The third-order valence-corrected chi connectivity index (χ3v) is 4.47. The lowest BCUT2D eigenvalue weighted by Crippen LogP contribution is -2.43. The Bertz CT molecular complexity index is 600. The summed E-state index contributed by atoms with van der Waals surface area (Å²) in [7, 11) is 2.06. The number of likely N-dealkylation sites (N-methyl/N-ethyl adjacent to an activating group) is 1. The van der Waals surface area contributed by atoms with E-state index in [1.165, 1.54) is 30.5 Å². The zero-order valence-corrected chi connectivity index (χ0v) is 13.9. The maximum Gasteiger partial charge on any atom is 0.120 e. The van der Waals surface area contributed by atoms with Gasteiger partial charge in [0.2, 0.25) is 0 Å². The maximum absolute atomic E-state index is 5.93. The summed E-state index contributed by atoms with van der Waals surface area (Å²) < 4.78 is 5.93.